The third-order valence-electron chi connectivity index (χ3n) is 4.87. The molecule has 5 heteroatoms. The smallest absolute Gasteiger partial charge is 0.123 e. The third-order valence-corrected chi connectivity index (χ3v) is 4.87. The van der Waals surface area contributed by atoms with Crippen molar-refractivity contribution >= 4 is 0 Å². The lowest BCUT2D eigenvalue weighted by Crippen LogP contribution is -2.50. The van der Waals surface area contributed by atoms with E-state index in [1.165, 1.54) is 18.2 Å². The number of nitrogens with zero attached hydrogens (tertiary/aromatic N) is 2. The molecule has 3 rings (SSSR count). The Morgan fingerprint density at radius 3 is 3.00 bits per heavy atom. The summed E-state index contributed by atoms with van der Waals surface area (Å²) in [5.41, 5.74) is 1.22. The Morgan fingerprint density at radius 2 is 2.27 bits per heavy atom. The van der Waals surface area contributed by atoms with Gasteiger partial charge >= 0.3 is 0 Å². The van der Waals surface area contributed by atoms with Gasteiger partial charge in [-0.1, -0.05) is 6.42 Å². The zero-order valence-electron chi connectivity index (χ0n) is 12.5. The summed E-state index contributed by atoms with van der Waals surface area (Å²) in [5, 5.41) is 19.4. The number of morpholine rings is 1. The minimum absolute atomic E-state index is 0.140. The number of benzene rings is 1. The minimum atomic E-state index is -0.320. The highest BCUT2D eigenvalue weighted by Gasteiger charge is 2.37. The van der Waals surface area contributed by atoms with E-state index in [4.69, 9.17) is 4.74 Å². The highest BCUT2D eigenvalue weighted by molar-refractivity contribution is 5.37. The molecule has 22 heavy (non-hydrogen) atoms. The van der Waals surface area contributed by atoms with Crippen molar-refractivity contribution < 1.29 is 14.2 Å². The van der Waals surface area contributed by atoms with Gasteiger partial charge in [-0.2, -0.15) is 5.26 Å². The monoisotopic (exact) mass is 304 g/mol. The highest BCUT2D eigenvalue weighted by atomic mass is 19.1. The number of hydrogen-bond acceptors (Lipinski definition) is 4. The van der Waals surface area contributed by atoms with Crippen molar-refractivity contribution in [1.82, 2.24) is 4.90 Å². The van der Waals surface area contributed by atoms with Crippen LogP contribution in [0.25, 0.3) is 0 Å². The molecule has 1 aromatic rings. The van der Waals surface area contributed by atoms with Gasteiger partial charge in [0.15, 0.2) is 0 Å². The van der Waals surface area contributed by atoms with Gasteiger partial charge < -0.3 is 9.84 Å². The molecule has 1 aliphatic carbocycles. The summed E-state index contributed by atoms with van der Waals surface area (Å²) < 4.78 is 19.1. The predicted molar refractivity (Wildman–Crippen MR) is 79.5 cm³/mol. The normalized spacial score (nSPS) is 29.4. The molecule has 1 saturated heterocycles. The molecule has 118 valence electrons. The topological polar surface area (TPSA) is 56.5 Å². The first-order valence-corrected chi connectivity index (χ1v) is 7.87. The molecule has 1 heterocycles. The van der Waals surface area contributed by atoms with Crippen LogP contribution in [0, 0.1) is 23.1 Å². The fraction of sp³-hybridized carbons (Fsp3) is 0.588. The standard InChI is InChI=1S/C17H21FN2O2/c18-14-5-4-12(9-19)13(8-14)10-20-6-7-22-11-16(20)15-2-1-3-17(15)21/h4-5,8,15-17,21H,1-3,6-7,10-11H2. The molecule has 0 bridgehead atoms. The van der Waals surface area contributed by atoms with Crippen LogP contribution in [0.15, 0.2) is 18.2 Å². The molecule has 1 aliphatic heterocycles. The van der Waals surface area contributed by atoms with E-state index in [1.807, 2.05) is 0 Å². The second kappa shape index (κ2) is 6.74. The Labute approximate surface area is 130 Å². The van der Waals surface area contributed by atoms with Crippen LogP contribution in [0.3, 0.4) is 0 Å². The fourth-order valence-electron chi connectivity index (χ4n) is 3.69. The molecule has 2 aliphatic rings. The van der Waals surface area contributed by atoms with E-state index in [0.717, 1.165) is 25.8 Å². The Kier molecular flexibility index (Phi) is 4.72. The van der Waals surface area contributed by atoms with Gasteiger partial charge in [-0.25, -0.2) is 4.39 Å². The van der Waals surface area contributed by atoms with E-state index in [9.17, 15) is 14.8 Å². The molecule has 0 aromatic heterocycles. The molecule has 1 aromatic carbocycles. The van der Waals surface area contributed by atoms with Crippen LogP contribution in [-0.2, 0) is 11.3 Å². The van der Waals surface area contributed by atoms with E-state index in [2.05, 4.69) is 11.0 Å². The predicted octanol–water partition coefficient (Wildman–Crippen LogP) is 2.06. The Hall–Kier alpha value is -1.48. The van der Waals surface area contributed by atoms with Crippen molar-refractivity contribution in [1.29, 1.82) is 5.26 Å². The molecule has 1 saturated carbocycles. The van der Waals surface area contributed by atoms with Crippen LogP contribution in [0.2, 0.25) is 0 Å². The number of aliphatic hydroxyl groups excluding tert-OH is 1. The van der Waals surface area contributed by atoms with Crippen molar-refractivity contribution in [2.45, 2.75) is 38.0 Å². The molecule has 4 nitrogen and oxygen atoms in total. The van der Waals surface area contributed by atoms with Gasteiger partial charge in [0.2, 0.25) is 0 Å². The Balaban J connectivity index is 1.80. The summed E-state index contributed by atoms with van der Waals surface area (Å²) in [6.45, 7) is 2.50. The van der Waals surface area contributed by atoms with Crippen molar-refractivity contribution in [3.8, 4) is 6.07 Å². The molecule has 3 atom stereocenters. The lowest BCUT2D eigenvalue weighted by Gasteiger charge is -2.40. The van der Waals surface area contributed by atoms with E-state index < -0.39 is 0 Å². The first kappa shape index (κ1) is 15.4. The summed E-state index contributed by atoms with van der Waals surface area (Å²) in [6.07, 6.45) is 2.61. The van der Waals surface area contributed by atoms with Gasteiger partial charge in [0.1, 0.15) is 5.82 Å². The van der Waals surface area contributed by atoms with Gasteiger partial charge in [0, 0.05) is 25.0 Å². The third kappa shape index (κ3) is 3.14. The van der Waals surface area contributed by atoms with Crippen LogP contribution in [0.5, 0.6) is 0 Å². The van der Waals surface area contributed by atoms with E-state index >= 15 is 0 Å². The van der Waals surface area contributed by atoms with Crippen LogP contribution in [0.4, 0.5) is 4.39 Å². The quantitative estimate of drug-likeness (QED) is 0.928. The Bertz CT molecular complexity index is 572. The second-order valence-corrected chi connectivity index (χ2v) is 6.19. The van der Waals surface area contributed by atoms with E-state index in [1.54, 1.807) is 0 Å². The highest BCUT2D eigenvalue weighted by Crippen LogP contribution is 2.33. The lowest BCUT2D eigenvalue weighted by atomic mass is 9.93. The van der Waals surface area contributed by atoms with Crippen LogP contribution in [-0.4, -0.2) is 41.9 Å². The zero-order valence-corrected chi connectivity index (χ0v) is 12.5. The fourth-order valence-corrected chi connectivity index (χ4v) is 3.69. The SMILES string of the molecule is N#Cc1ccc(F)cc1CN1CCOCC1C1CCCC1O. The number of hydrogen-bond donors (Lipinski definition) is 1. The molecule has 3 unspecified atom stereocenters. The van der Waals surface area contributed by atoms with E-state index in [0.29, 0.717) is 30.9 Å². The lowest BCUT2D eigenvalue weighted by molar-refractivity contribution is -0.0537. The second-order valence-electron chi connectivity index (χ2n) is 6.19. The van der Waals surface area contributed by atoms with Crippen molar-refractivity contribution in [2.24, 2.45) is 5.92 Å². The average Bonchev–Trinajstić information content (AvgIpc) is 2.94. The van der Waals surface area contributed by atoms with Crippen molar-refractivity contribution in [2.75, 3.05) is 19.8 Å². The summed E-state index contributed by atoms with van der Waals surface area (Å²) in [5.74, 6) is -0.112. The minimum Gasteiger partial charge on any atom is -0.393 e. The van der Waals surface area contributed by atoms with Crippen LogP contribution in [0.1, 0.15) is 30.4 Å². The summed E-state index contributed by atoms with van der Waals surface area (Å²) in [4.78, 5) is 2.23. The number of rotatable bonds is 3. The maximum Gasteiger partial charge on any atom is 0.123 e. The van der Waals surface area contributed by atoms with Crippen molar-refractivity contribution in [3.05, 3.63) is 35.1 Å². The zero-order chi connectivity index (χ0) is 15.5. The van der Waals surface area contributed by atoms with Gasteiger partial charge in [0.25, 0.3) is 0 Å². The Morgan fingerprint density at radius 1 is 1.41 bits per heavy atom. The van der Waals surface area contributed by atoms with Gasteiger partial charge in [-0.15, -0.1) is 0 Å². The molecular formula is C17H21FN2O2. The van der Waals surface area contributed by atoms with Crippen molar-refractivity contribution in [3.63, 3.8) is 0 Å². The summed E-state index contributed by atoms with van der Waals surface area (Å²) >= 11 is 0. The summed E-state index contributed by atoms with van der Waals surface area (Å²) in [6, 6.07) is 6.56. The van der Waals surface area contributed by atoms with Crippen LogP contribution >= 0.6 is 0 Å². The van der Waals surface area contributed by atoms with Gasteiger partial charge in [0.05, 0.1) is 31.0 Å². The first-order valence-electron chi connectivity index (χ1n) is 7.87. The largest absolute Gasteiger partial charge is 0.393 e. The van der Waals surface area contributed by atoms with Gasteiger partial charge in [-0.3, -0.25) is 4.90 Å². The molecule has 2 fully saturated rings. The summed E-state index contributed by atoms with van der Waals surface area (Å²) in [7, 11) is 0. The maximum absolute atomic E-state index is 13.5. The van der Waals surface area contributed by atoms with Gasteiger partial charge in [-0.05, 0) is 36.6 Å². The molecular weight excluding hydrogens is 283 g/mol. The number of nitriles is 1. The number of ether oxygens (including phenoxy) is 1. The van der Waals surface area contributed by atoms with E-state index in [-0.39, 0.29) is 23.9 Å². The molecule has 0 radical (unpaired) electrons. The number of aliphatic hydroxyl groups is 1. The molecule has 0 amide bonds. The number of halogens is 1. The van der Waals surface area contributed by atoms with Crippen LogP contribution < -0.4 is 0 Å². The molecule has 0 spiro atoms. The first-order chi connectivity index (χ1) is 10.7. The average molecular weight is 304 g/mol. The molecule has 1 N–H and O–H groups in total. The maximum atomic E-state index is 13.5.